The quantitative estimate of drug-likeness (QED) is 0.916. The molecule has 0 saturated heterocycles. The minimum atomic E-state index is -3.77. The summed E-state index contributed by atoms with van der Waals surface area (Å²) in [5, 5.41) is 9.06. The lowest BCUT2D eigenvalue weighted by Crippen LogP contribution is -2.44. The predicted octanol–water partition coefficient (Wildman–Crippen LogP) is 1.64. The molecule has 1 saturated carbocycles. The van der Waals surface area contributed by atoms with Crippen molar-refractivity contribution in [2.24, 2.45) is 0 Å². The van der Waals surface area contributed by atoms with E-state index in [1.54, 1.807) is 0 Å². The molecule has 17 heavy (non-hydrogen) atoms. The van der Waals surface area contributed by atoms with E-state index >= 15 is 0 Å². The van der Waals surface area contributed by atoms with Crippen LogP contribution >= 0.6 is 22.9 Å². The highest BCUT2D eigenvalue weighted by atomic mass is 35.5. The van der Waals surface area contributed by atoms with Crippen LogP contribution in [0.2, 0.25) is 4.34 Å². The highest BCUT2D eigenvalue weighted by Crippen LogP contribution is 2.44. The van der Waals surface area contributed by atoms with Crippen molar-refractivity contribution in [3.63, 3.8) is 0 Å². The molecule has 1 N–H and O–H groups in total. The standard InChI is InChI=1S/C9H10ClNO4S2/c1-11(9(4-5-9)8(12)13)17(14,15)7-3-2-6(10)16-7/h2-3H,4-5H2,1H3,(H,12,13). The van der Waals surface area contributed by atoms with Crippen molar-refractivity contribution in [1.29, 1.82) is 0 Å². The number of carboxylic acid groups (broad SMARTS) is 1. The molecule has 1 aromatic heterocycles. The molecule has 0 radical (unpaired) electrons. The zero-order valence-corrected chi connectivity index (χ0v) is 11.3. The molecule has 5 nitrogen and oxygen atoms in total. The number of halogens is 1. The Morgan fingerprint density at radius 1 is 1.53 bits per heavy atom. The molecule has 1 aliphatic carbocycles. The fourth-order valence-electron chi connectivity index (χ4n) is 1.58. The van der Waals surface area contributed by atoms with Gasteiger partial charge in [-0.2, -0.15) is 4.31 Å². The Bertz CT molecular complexity index is 561. The second-order valence-corrected chi connectivity index (χ2v) is 7.78. The first-order valence-electron chi connectivity index (χ1n) is 4.78. The number of nitrogens with zero attached hydrogens (tertiary/aromatic N) is 1. The van der Waals surface area contributed by atoms with Crippen LogP contribution in [0.15, 0.2) is 16.3 Å². The molecule has 0 spiro atoms. The van der Waals surface area contributed by atoms with Gasteiger partial charge in [-0.05, 0) is 25.0 Å². The molecule has 2 rings (SSSR count). The summed E-state index contributed by atoms with van der Waals surface area (Å²) in [7, 11) is -2.48. The van der Waals surface area contributed by atoms with Crippen LogP contribution < -0.4 is 0 Å². The van der Waals surface area contributed by atoms with Crippen LogP contribution in [-0.2, 0) is 14.8 Å². The molecule has 94 valence electrons. The number of thiophene rings is 1. The summed E-state index contributed by atoms with van der Waals surface area (Å²) >= 11 is 6.60. The number of rotatable bonds is 4. The smallest absolute Gasteiger partial charge is 0.325 e. The van der Waals surface area contributed by atoms with Gasteiger partial charge in [-0.1, -0.05) is 11.6 Å². The van der Waals surface area contributed by atoms with E-state index in [0.29, 0.717) is 17.2 Å². The van der Waals surface area contributed by atoms with Crippen LogP contribution in [0.1, 0.15) is 12.8 Å². The van der Waals surface area contributed by atoms with Gasteiger partial charge in [0.2, 0.25) is 0 Å². The Morgan fingerprint density at radius 2 is 2.12 bits per heavy atom. The van der Waals surface area contributed by atoms with Crippen molar-refractivity contribution in [1.82, 2.24) is 4.31 Å². The van der Waals surface area contributed by atoms with Gasteiger partial charge in [0, 0.05) is 7.05 Å². The van der Waals surface area contributed by atoms with E-state index in [0.717, 1.165) is 15.6 Å². The summed E-state index contributed by atoms with van der Waals surface area (Å²) in [6.07, 6.45) is 0.689. The third-order valence-electron chi connectivity index (χ3n) is 2.89. The first kappa shape index (κ1) is 12.8. The number of hydrogen-bond donors (Lipinski definition) is 1. The van der Waals surface area contributed by atoms with Gasteiger partial charge >= 0.3 is 5.97 Å². The lowest BCUT2D eigenvalue weighted by molar-refractivity contribution is -0.142. The predicted molar refractivity (Wildman–Crippen MR) is 63.9 cm³/mol. The van der Waals surface area contributed by atoms with Gasteiger partial charge in [0.1, 0.15) is 9.75 Å². The van der Waals surface area contributed by atoms with Crippen LogP contribution in [0.3, 0.4) is 0 Å². The van der Waals surface area contributed by atoms with Crippen LogP contribution in [0.5, 0.6) is 0 Å². The number of sulfonamides is 1. The lowest BCUT2D eigenvalue weighted by Gasteiger charge is -2.22. The average molecular weight is 296 g/mol. The maximum atomic E-state index is 12.2. The van der Waals surface area contributed by atoms with Crippen molar-refractivity contribution in [3.8, 4) is 0 Å². The Morgan fingerprint density at radius 3 is 2.47 bits per heavy atom. The number of hydrogen-bond acceptors (Lipinski definition) is 4. The SMILES string of the molecule is CN(C1(C(=O)O)CC1)S(=O)(=O)c1ccc(Cl)s1. The maximum Gasteiger partial charge on any atom is 0.325 e. The summed E-state index contributed by atoms with van der Waals surface area (Å²) < 4.78 is 25.7. The molecule has 0 unspecified atom stereocenters. The van der Waals surface area contributed by atoms with Gasteiger partial charge in [-0.25, -0.2) is 8.42 Å². The Hall–Kier alpha value is -0.630. The van der Waals surface area contributed by atoms with E-state index < -0.39 is 21.5 Å². The molecule has 8 heteroatoms. The molecule has 0 aliphatic heterocycles. The van der Waals surface area contributed by atoms with E-state index in [2.05, 4.69) is 0 Å². The van der Waals surface area contributed by atoms with Crippen LogP contribution in [0.4, 0.5) is 0 Å². The minimum absolute atomic E-state index is 0.0672. The molecular formula is C9H10ClNO4S2. The zero-order valence-electron chi connectivity index (χ0n) is 8.88. The molecule has 1 fully saturated rings. The van der Waals surface area contributed by atoms with E-state index in [1.807, 2.05) is 0 Å². The van der Waals surface area contributed by atoms with E-state index in [9.17, 15) is 13.2 Å². The molecule has 1 heterocycles. The summed E-state index contributed by atoms with van der Waals surface area (Å²) in [5.74, 6) is -1.11. The van der Waals surface area contributed by atoms with Gasteiger partial charge in [0.05, 0.1) is 4.34 Å². The minimum Gasteiger partial charge on any atom is -0.480 e. The van der Waals surface area contributed by atoms with E-state index in [4.69, 9.17) is 16.7 Å². The van der Waals surface area contributed by atoms with Crippen LogP contribution in [-0.4, -0.2) is 36.4 Å². The average Bonchev–Trinajstić information content (AvgIpc) is 2.94. The molecular weight excluding hydrogens is 286 g/mol. The van der Waals surface area contributed by atoms with Crippen molar-refractivity contribution >= 4 is 38.9 Å². The van der Waals surface area contributed by atoms with Gasteiger partial charge in [0.25, 0.3) is 10.0 Å². The third-order valence-corrected chi connectivity index (χ3v) is 6.51. The molecule has 1 aromatic rings. The Labute approximate surface area is 108 Å². The molecule has 0 bridgehead atoms. The zero-order chi connectivity index (χ0) is 12.8. The number of carbonyl (C=O) groups is 1. The van der Waals surface area contributed by atoms with Gasteiger partial charge < -0.3 is 5.11 Å². The second kappa shape index (κ2) is 3.94. The first-order chi connectivity index (χ1) is 7.80. The molecule has 1 aliphatic rings. The third kappa shape index (κ3) is 1.97. The van der Waals surface area contributed by atoms with E-state index in [1.165, 1.54) is 19.2 Å². The summed E-state index contributed by atoms with van der Waals surface area (Å²) in [5.41, 5.74) is -1.27. The van der Waals surface area contributed by atoms with Crippen molar-refractivity contribution in [2.45, 2.75) is 22.6 Å². The second-order valence-electron chi connectivity index (χ2n) is 3.87. The summed E-state index contributed by atoms with van der Waals surface area (Å²) in [6.45, 7) is 0. The fraction of sp³-hybridized carbons (Fsp3) is 0.444. The van der Waals surface area contributed by atoms with Gasteiger partial charge in [-0.15, -0.1) is 11.3 Å². The molecule has 0 atom stereocenters. The Balaban J connectivity index is 2.37. The highest BCUT2D eigenvalue weighted by molar-refractivity contribution is 7.91. The largest absolute Gasteiger partial charge is 0.480 e. The number of likely N-dealkylation sites (N-methyl/N-ethyl adjacent to an activating group) is 1. The summed E-state index contributed by atoms with van der Waals surface area (Å²) in [6, 6.07) is 2.87. The van der Waals surface area contributed by atoms with E-state index in [-0.39, 0.29) is 4.21 Å². The first-order valence-corrected chi connectivity index (χ1v) is 7.42. The molecule has 0 aromatic carbocycles. The number of carboxylic acids is 1. The normalized spacial score (nSPS) is 18.3. The van der Waals surface area contributed by atoms with Crippen molar-refractivity contribution in [2.75, 3.05) is 7.05 Å². The number of aliphatic carboxylic acids is 1. The van der Waals surface area contributed by atoms with Gasteiger partial charge in [0.15, 0.2) is 0 Å². The van der Waals surface area contributed by atoms with Gasteiger partial charge in [-0.3, -0.25) is 4.79 Å². The summed E-state index contributed by atoms with van der Waals surface area (Å²) in [4.78, 5) is 11.1. The maximum absolute atomic E-state index is 12.2. The van der Waals surface area contributed by atoms with Crippen molar-refractivity contribution in [3.05, 3.63) is 16.5 Å². The fourth-order valence-corrected chi connectivity index (χ4v) is 4.75. The van der Waals surface area contributed by atoms with Crippen LogP contribution in [0.25, 0.3) is 0 Å². The monoisotopic (exact) mass is 295 g/mol. The van der Waals surface area contributed by atoms with Crippen LogP contribution in [0, 0.1) is 0 Å². The Kier molecular flexibility index (Phi) is 2.97. The van der Waals surface area contributed by atoms with Crippen molar-refractivity contribution < 1.29 is 18.3 Å². The topological polar surface area (TPSA) is 74.7 Å². The lowest BCUT2D eigenvalue weighted by atomic mass is 10.3. The highest BCUT2D eigenvalue weighted by Gasteiger charge is 2.58. The molecule has 0 amide bonds.